The molecule has 0 aromatic heterocycles. The molecule has 1 heterocycles. The first-order chi connectivity index (χ1) is 37.6. The van der Waals surface area contributed by atoms with E-state index >= 15 is 0 Å². The van der Waals surface area contributed by atoms with Crippen molar-refractivity contribution in [1.82, 2.24) is 0 Å². The molecule has 6 atom stereocenters. The van der Waals surface area contributed by atoms with Gasteiger partial charge in [0.25, 0.3) is 0 Å². The highest BCUT2D eigenvalue weighted by atomic mass is 16.7. The number of aliphatic hydroxyl groups is 2. The Labute approximate surface area is 468 Å². The van der Waals surface area contributed by atoms with E-state index < -0.39 is 67.3 Å². The van der Waals surface area contributed by atoms with Gasteiger partial charge in [0.15, 0.2) is 24.6 Å². The number of aliphatic hydroxyl groups excluding tert-OH is 2. The van der Waals surface area contributed by atoms with Crippen LogP contribution < -0.4 is 0 Å². The summed E-state index contributed by atoms with van der Waals surface area (Å²) in [5, 5.41) is 31.5. The van der Waals surface area contributed by atoms with Gasteiger partial charge in [0.1, 0.15) is 18.8 Å². The first kappa shape index (κ1) is 71.2. The molecule has 3 N–H and O–H groups in total. The van der Waals surface area contributed by atoms with E-state index in [9.17, 15) is 34.5 Å². The number of aliphatic carboxylic acids is 1. The SMILES string of the molecule is CC/C=C\C/C=C\C/C=C\C/C=C\C/C=C\CCCC(=O)OCC(COC1OC(C(=O)O)C(O)C(O)C1OC(=O)CCCCCCCCCCCCCCC)OC(=O)CCCCCCCCC/C=C\CCCCCCCC. The standard InChI is InChI=1S/C65H110O12/c1-4-7-10-13-16-19-22-25-27-29-31-34-36-39-42-45-48-51-57(66)73-54-56(75-58(67)52-49-46-43-40-38-35-32-30-28-26-23-20-17-14-11-8-5-2)55-74-65-63(61(70)60(69)62(77-65)64(71)72)76-59(68)53-50-47-44-41-37-33-24-21-18-15-12-9-6-3/h7,10,16,19,25-28,31,34,39,42,56,60-63,65,69-70H,4-6,8-9,11-15,17-18,20-24,29-30,32-33,35-38,40-41,43-55H2,1-3H3,(H,71,72)/b10-7-,19-16-,27-25-,28-26-,34-31-,42-39-. The average molecular weight is 1080 g/mol. The number of ether oxygens (including phenoxy) is 5. The molecule has 0 aromatic rings. The maximum atomic E-state index is 13.2. The van der Waals surface area contributed by atoms with Crippen LogP contribution in [0.2, 0.25) is 0 Å². The van der Waals surface area contributed by atoms with Gasteiger partial charge in [0.2, 0.25) is 0 Å². The maximum absolute atomic E-state index is 13.2. The Morgan fingerprint density at radius 2 is 0.831 bits per heavy atom. The molecule has 0 aliphatic carbocycles. The second kappa shape index (κ2) is 52.8. The lowest BCUT2D eigenvalue weighted by Gasteiger charge is -2.40. The van der Waals surface area contributed by atoms with Crippen molar-refractivity contribution in [3.63, 3.8) is 0 Å². The van der Waals surface area contributed by atoms with E-state index in [1.807, 2.05) is 6.08 Å². The molecule has 1 aliphatic rings. The summed E-state index contributed by atoms with van der Waals surface area (Å²) in [4.78, 5) is 51.2. The van der Waals surface area contributed by atoms with Crippen molar-refractivity contribution in [3.8, 4) is 0 Å². The molecule has 0 bridgehead atoms. The molecule has 0 radical (unpaired) electrons. The van der Waals surface area contributed by atoms with E-state index in [0.717, 1.165) is 89.9 Å². The molecule has 1 aliphatic heterocycles. The predicted octanol–water partition coefficient (Wildman–Crippen LogP) is 16.1. The smallest absolute Gasteiger partial charge is 0.335 e. The number of unbranched alkanes of at least 4 members (excludes halogenated alkanes) is 26. The fraction of sp³-hybridized carbons (Fsp3) is 0.754. The molecule has 12 nitrogen and oxygen atoms in total. The van der Waals surface area contributed by atoms with Gasteiger partial charge in [-0.15, -0.1) is 0 Å². The minimum atomic E-state index is -1.91. The van der Waals surface area contributed by atoms with Gasteiger partial charge in [-0.3, -0.25) is 14.4 Å². The van der Waals surface area contributed by atoms with Crippen LogP contribution in [0, 0.1) is 0 Å². The molecule has 1 rings (SSSR count). The molecule has 6 unspecified atom stereocenters. The quantitative estimate of drug-likeness (QED) is 0.0228. The normalized spacial score (nSPS) is 18.5. The first-order valence-electron chi connectivity index (χ1n) is 30.9. The highest BCUT2D eigenvalue weighted by Gasteiger charge is 2.50. The van der Waals surface area contributed by atoms with Gasteiger partial charge in [-0.1, -0.05) is 235 Å². The Balaban J connectivity index is 2.72. The third-order valence-electron chi connectivity index (χ3n) is 13.8. The van der Waals surface area contributed by atoms with Gasteiger partial charge in [-0.05, 0) is 83.5 Å². The number of allylic oxidation sites excluding steroid dienone is 12. The summed E-state index contributed by atoms with van der Waals surface area (Å²) < 4.78 is 28.4. The largest absolute Gasteiger partial charge is 0.479 e. The van der Waals surface area contributed by atoms with Crippen molar-refractivity contribution < 1.29 is 58.2 Å². The van der Waals surface area contributed by atoms with Crippen LogP contribution in [0.25, 0.3) is 0 Å². The van der Waals surface area contributed by atoms with Crippen LogP contribution in [0.5, 0.6) is 0 Å². The van der Waals surface area contributed by atoms with Gasteiger partial charge in [-0.2, -0.15) is 0 Å². The van der Waals surface area contributed by atoms with E-state index in [0.29, 0.717) is 25.7 Å². The third-order valence-corrected chi connectivity index (χ3v) is 13.8. The fourth-order valence-corrected chi connectivity index (χ4v) is 9.05. The molecule has 0 saturated carbocycles. The number of carboxylic acid groups (broad SMARTS) is 1. The van der Waals surface area contributed by atoms with E-state index in [4.69, 9.17) is 23.7 Å². The van der Waals surface area contributed by atoms with E-state index in [1.165, 1.54) is 109 Å². The Hall–Kier alpha value is -3.84. The predicted molar refractivity (Wildman–Crippen MR) is 312 cm³/mol. The van der Waals surface area contributed by atoms with Gasteiger partial charge in [0.05, 0.1) is 6.61 Å². The summed E-state index contributed by atoms with van der Waals surface area (Å²) >= 11 is 0. The first-order valence-corrected chi connectivity index (χ1v) is 30.9. The Morgan fingerprint density at radius 1 is 0.442 bits per heavy atom. The van der Waals surface area contributed by atoms with Crippen LogP contribution in [0.3, 0.4) is 0 Å². The molecule has 442 valence electrons. The number of hydrogen-bond acceptors (Lipinski definition) is 11. The number of hydrogen-bond donors (Lipinski definition) is 3. The number of carbonyl (C=O) groups excluding carboxylic acids is 3. The Morgan fingerprint density at radius 3 is 1.30 bits per heavy atom. The number of rotatable bonds is 52. The molecule has 1 fully saturated rings. The molecule has 77 heavy (non-hydrogen) atoms. The van der Waals surface area contributed by atoms with E-state index in [2.05, 4.69) is 87.6 Å². The maximum Gasteiger partial charge on any atom is 0.335 e. The molecular weight excluding hydrogens is 973 g/mol. The van der Waals surface area contributed by atoms with Crippen molar-refractivity contribution in [2.24, 2.45) is 0 Å². The topological polar surface area (TPSA) is 175 Å². The highest BCUT2D eigenvalue weighted by molar-refractivity contribution is 5.74. The van der Waals surface area contributed by atoms with Crippen molar-refractivity contribution in [1.29, 1.82) is 0 Å². The van der Waals surface area contributed by atoms with Crippen molar-refractivity contribution in [2.75, 3.05) is 13.2 Å². The van der Waals surface area contributed by atoms with Crippen LogP contribution in [0.1, 0.15) is 265 Å². The Kier molecular flexibility index (Phi) is 48.8. The van der Waals surface area contributed by atoms with Crippen LogP contribution >= 0.6 is 0 Å². The molecule has 1 saturated heterocycles. The minimum absolute atomic E-state index is 0.0560. The van der Waals surface area contributed by atoms with Crippen LogP contribution in [0.15, 0.2) is 72.9 Å². The summed E-state index contributed by atoms with van der Waals surface area (Å²) in [6.45, 7) is 5.84. The van der Waals surface area contributed by atoms with Crippen LogP contribution in [-0.4, -0.2) is 89.2 Å². The van der Waals surface area contributed by atoms with Gasteiger partial charge >= 0.3 is 23.9 Å². The summed E-state index contributed by atoms with van der Waals surface area (Å²) in [7, 11) is 0. The number of carbonyl (C=O) groups is 4. The van der Waals surface area contributed by atoms with Gasteiger partial charge in [0, 0.05) is 19.3 Å². The molecule has 0 spiro atoms. The minimum Gasteiger partial charge on any atom is -0.479 e. The lowest BCUT2D eigenvalue weighted by atomic mass is 9.98. The zero-order valence-corrected chi connectivity index (χ0v) is 48.7. The number of esters is 3. The lowest BCUT2D eigenvalue weighted by Crippen LogP contribution is -2.61. The highest BCUT2D eigenvalue weighted by Crippen LogP contribution is 2.26. The zero-order chi connectivity index (χ0) is 56.1. The second-order valence-electron chi connectivity index (χ2n) is 21.0. The molecule has 0 aromatic carbocycles. The number of carboxylic acids is 1. The fourth-order valence-electron chi connectivity index (χ4n) is 9.05. The van der Waals surface area contributed by atoms with Crippen molar-refractivity contribution in [3.05, 3.63) is 72.9 Å². The third kappa shape index (κ3) is 42.7. The van der Waals surface area contributed by atoms with Crippen molar-refractivity contribution in [2.45, 2.75) is 302 Å². The molecular formula is C65H110O12. The Bertz CT molecular complexity index is 1620. The van der Waals surface area contributed by atoms with E-state index in [-0.39, 0.29) is 25.9 Å². The monoisotopic (exact) mass is 1080 g/mol. The van der Waals surface area contributed by atoms with E-state index in [1.54, 1.807) is 0 Å². The zero-order valence-electron chi connectivity index (χ0n) is 48.7. The van der Waals surface area contributed by atoms with Gasteiger partial charge in [-0.25, -0.2) is 4.79 Å². The lowest BCUT2D eigenvalue weighted by molar-refractivity contribution is -0.301. The van der Waals surface area contributed by atoms with Crippen molar-refractivity contribution >= 4 is 23.9 Å². The summed E-state index contributed by atoms with van der Waals surface area (Å²) in [6, 6.07) is 0. The summed E-state index contributed by atoms with van der Waals surface area (Å²) in [5.74, 6) is -3.19. The molecule has 12 heteroatoms. The second-order valence-corrected chi connectivity index (χ2v) is 21.0. The molecule has 0 amide bonds. The average Bonchev–Trinajstić information content (AvgIpc) is 3.42. The van der Waals surface area contributed by atoms with Crippen LogP contribution in [0.4, 0.5) is 0 Å². The summed E-state index contributed by atoms with van der Waals surface area (Å²) in [6.07, 6.45) is 54.4. The summed E-state index contributed by atoms with van der Waals surface area (Å²) in [5.41, 5.74) is 0. The van der Waals surface area contributed by atoms with Gasteiger partial charge < -0.3 is 39.0 Å². The van der Waals surface area contributed by atoms with Crippen LogP contribution in [-0.2, 0) is 42.9 Å².